The van der Waals surface area contributed by atoms with Crippen molar-refractivity contribution in [2.75, 3.05) is 0 Å². The van der Waals surface area contributed by atoms with Crippen molar-refractivity contribution in [3.63, 3.8) is 0 Å². The topological polar surface area (TPSA) is 76.6 Å². The summed E-state index contributed by atoms with van der Waals surface area (Å²) < 4.78 is 8.32. The van der Waals surface area contributed by atoms with Crippen molar-refractivity contribution in [2.24, 2.45) is 0 Å². The van der Waals surface area contributed by atoms with Crippen LogP contribution in [0.15, 0.2) is 53.3 Å². The van der Waals surface area contributed by atoms with Crippen molar-refractivity contribution in [1.82, 2.24) is 20.2 Å². The zero-order valence-electron chi connectivity index (χ0n) is 11.3. The largest absolute Gasteiger partial charge is 0.487 e. The molecule has 0 fully saturated rings. The molecule has 0 N–H and O–H groups in total. The van der Waals surface area contributed by atoms with Gasteiger partial charge in [0.05, 0.1) is 11.6 Å². The third kappa shape index (κ3) is 3.13. The van der Waals surface area contributed by atoms with Crippen molar-refractivity contribution in [1.29, 1.82) is 5.26 Å². The van der Waals surface area contributed by atoms with Gasteiger partial charge >= 0.3 is 0 Å². The first-order chi connectivity index (χ1) is 10.8. The van der Waals surface area contributed by atoms with Gasteiger partial charge in [-0.3, -0.25) is 0 Å². The lowest BCUT2D eigenvalue weighted by molar-refractivity contribution is 0.304. The average Bonchev–Trinajstić information content (AvgIpc) is 3.07. The fourth-order valence-electron chi connectivity index (χ4n) is 1.95. The number of benzene rings is 2. The molecular weight excluding hydrogens is 346 g/mol. The summed E-state index contributed by atoms with van der Waals surface area (Å²) in [6, 6.07) is 15.1. The SMILES string of the molecule is N#Cc1ccc(OCc2cccc(Br)c2)c(-n2cnnn2)c1. The van der Waals surface area contributed by atoms with Gasteiger partial charge in [-0.05, 0) is 46.3 Å². The summed E-state index contributed by atoms with van der Waals surface area (Å²) in [4.78, 5) is 0. The molecule has 0 unspecified atom stereocenters. The van der Waals surface area contributed by atoms with Crippen LogP contribution in [0.4, 0.5) is 0 Å². The van der Waals surface area contributed by atoms with E-state index in [0.29, 0.717) is 23.6 Å². The second kappa shape index (κ2) is 6.37. The molecule has 0 aliphatic heterocycles. The predicted molar refractivity (Wildman–Crippen MR) is 82.3 cm³/mol. The molecule has 108 valence electrons. The van der Waals surface area contributed by atoms with Crippen molar-refractivity contribution in [3.05, 3.63) is 64.4 Å². The van der Waals surface area contributed by atoms with Crippen molar-refractivity contribution >= 4 is 15.9 Å². The molecule has 3 aromatic rings. The van der Waals surface area contributed by atoms with E-state index in [1.165, 1.54) is 11.0 Å². The van der Waals surface area contributed by atoms with E-state index in [-0.39, 0.29) is 0 Å². The quantitative estimate of drug-likeness (QED) is 0.719. The standard InChI is InChI=1S/C15H10BrN5O/c16-13-3-1-2-12(6-13)9-22-15-5-4-11(8-17)7-14(15)21-10-18-19-20-21/h1-7,10H,9H2. The number of hydrogen-bond acceptors (Lipinski definition) is 5. The highest BCUT2D eigenvalue weighted by molar-refractivity contribution is 9.10. The molecule has 2 aromatic carbocycles. The first kappa shape index (κ1) is 14.2. The smallest absolute Gasteiger partial charge is 0.145 e. The Bertz CT molecular complexity index is 826. The van der Waals surface area contributed by atoms with Crippen LogP contribution in [-0.2, 0) is 6.61 Å². The number of tetrazole rings is 1. The Morgan fingerprint density at radius 2 is 2.14 bits per heavy atom. The lowest BCUT2D eigenvalue weighted by Crippen LogP contribution is -2.03. The summed E-state index contributed by atoms with van der Waals surface area (Å²) in [6.07, 6.45) is 1.46. The van der Waals surface area contributed by atoms with Gasteiger partial charge in [-0.15, -0.1) is 5.10 Å². The maximum Gasteiger partial charge on any atom is 0.145 e. The second-order valence-electron chi connectivity index (χ2n) is 4.47. The summed E-state index contributed by atoms with van der Waals surface area (Å²) in [6.45, 7) is 0.403. The number of ether oxygens (including phenoxy) is 1. The number of nitriles is 1. The molecule has 0 aliphatic carbocycles. The summed E-state index contributed by atoms with van der Waals surface area (Å²) in [7, 11) is 0. The zero-order chi connectivity index (χ0) is 15.4. The van der Waals surface area contributed by atoms with Gasteiger partial charge in [0.25, 0.3) is 0 Å². The minimum Gasteiger partial charge on any atom is -0.487 e. The van der Waals surface area contributed by atoms with Crippen LogP contribution in [0.5, 0.6) is 5.75 Å². The van der Waals surface area contributed by atoms with E-state index in [9.17, 15) is 0 Å². The van der Waals surface area contributed by atoms with Crippen molar-refractivity contribution in [2.45, 2.75) is 6.61 Å². The van der Waals surface area contributed by atoms with E-state index in [1.54, 1.807) is 18.2 Å². The van der Waals surface area contributed by atoms with Gasteiger partial charge in [-0.2, -0.15) is 9.94 Å². The Labute approximate surface area is 135 Å². The molecular formula is C15H10BrN5O. The normalized spacial score (nSPS) is 10.2. The highest BCUT2D eigenvalue weighted by Crippen LogP contribution is 2.24. The predicted octanol–water partition coefficient (Wildman–Crippen LogP) is 2.88. The van der Waals surface area contributed by atoms with Crippen LogP contribution in [0.3, 0.4) is 0 Å². The van der Waals surface area contributed by atoms with E-state index in [4.69, 9.17) is 10.00 Å². The Morgan fingerprint density at radius 3 is 2.86 bits per heavy atom. The Hall–Kier alpha value is -2.72. The first-order valence-corrected chi connectivity index (χ1v) is 7.20. The van der Waals surface area contributed by atoms with Crippen molar-refractivity contribution < 1.29 is 4.74 Å². The van der Waals surface area contributed by atoms with E-state index >= 15 is 0 Å². The van der Waals surface area contributed by atoms with Gasteiger partial charge in [0.1, 0.15) is 24.4 Å². The Kier molecular flexibility index (Phi) is 4.12. The van der Waals surface area contributed by atoms with Crippen LogP contribution in [-0.4, -0.2) is 20.2 Å². The number of nitrogens with zero attached hydrogens (tertiary/aromatic N) is 5. The van der Waals surface area contributed by atoms with Gasteiger partial charge in [0, 0.05) is 4.47 Å². The van der Waals surface area contributed by atoms with E-state index < -0.39 is 0 Å². The molecule has 0 spiro atoms. The third-order valence-electron chi connectivity index (χ3n) is 2.97. The lowest BCUT2D eigenvalue weighted by atomic mass is 10.2. The number of halogens is 1. The minimum atomic E-state index is 0.403. The molecule has 0 amide bonds. The molecule has 6 nitrogen and oxygen atoms in total. The van der Waals surface area contributed by atoms with E-state index in [0.717, 1.165) is 10.0 Å². The molecule has 0 atom stereocenters. The second-order valence-corrected chi connectivity index (χ2v) is 5.38. The molecule has 3 rings (SSSR count). The average molecular weight is 356 g/mol. The zero-order valence-corrected chi connectivity index (χ0v) is 12.9. The summed E-state index contributed by atoms with van der Waals surface area (Å²) in [5.41, 5.74) is 2.17. The third-order valence-corrected chi connectivity index (χ3v) is 3.46. The molecule has 0 radical (unpaired) electrons. The maximum absolute atomic E-state index is 9.03. The van der Waals surface area contributed by atoms with Gasteiger partial charge in [-0.1, -0.05) is 28.1 Å². The molecule has 7 heteroatoms. The molecule has 1 heterocycles. The Morgan fingerprint density at radius 1 is 1.23 bits per heavy atom. The highest BCUT2D eigenvalue weighted by atomic mass is 79.9. The fourth-order valence-corrected chi connectivity index (χ4v) is 2.39. The maximum atomic E-state index is 9.03. The molecule has 0 saturated heterocycles. The van der Waals surface area contributed by atoms with Crippen molar-refractivity contribution in [3.8, 4) is 17.5 Å². The summed E-state index contributed by atoms with van der Waals surface area (Å²) in [5.74, 6) is 0.603. The van der Waals surface area contributed by atoms with Gasteiger partial charge in [0.15, 0.2) is 0 Å². The Balaban J connectivity index is 1.89. The lowest BCUT2D eigenvalue weighted by Gasteiger charge is -2.11. The summed E-state index contributed by atoms with van der Waals surface area (Å²) in [5, 5.41) is 20.1. The van der Waals surface area contributed by atoms with Crippen LogP contribution in [0, 0.1) is 11.3 Å². The number of hydrogen-bond donors (Lipinski definition) is 0. The molecule has 0 bridgehead atoms. The van der Waals surface area contributed by atoms with E-state index in [2.05, 4.69) is 37.5 Å². The highest BCUT2D eigenvalue weighted by Gasteiger charge is 2.09. The molecule has 0 aliphatic rings. The fraction of sp³-hybridized carbons (Fsp3) is 0.0667. The van der Waals surface area contributed by atoms with Gasteiger partial charge in [0.2, 0.25) is 0 Å². The van der Waals surface area contributed by atoms with Crippen LogP contribution in [0.25, 0.3) is 5.69 Å². The first-order valence-electron chi connectivity index (χ1n) is 6.41. The molecule has 0 saturated carbocycles. The van der Waals surface area contributed by atoms with Crippen LogP contribution in [0.1, 0.15) is 11.1 Å². The van der Waals surface area contributed by atoms with E-state index in [1.807, 2.05) is 24.3 Å². The van der Waals surface area contributed by atoms with Gasteiger partial charge in [-0.25, -0.2) is 0 Å². The minimum absolute atomic E-state index is 0.403. The van der Waals surface area contributed by atoms with Crippen LogP contribution in [0.2, 0.25) is 0 Å². The molecule has 22 heavy (non-hydrogen) atoms. The van der Waals surface area contributed by atoms with Gasteiger partial charge < -0.3 is 4.74 Å². The monoisotopic (exact) mass is 355 g/mol. The summed E-state index contributed by atoms with van der Waals surface area (Å²) >= 11 is 3.43. The van der Waals surface area contributed by atoms with Crippen LogP contribution >= 0.6 is 15.9 Å². The number of aromatic nitrogens is 4. The van der Waals surface area contributed by atoms with Crippen LogP contribution < -0.4 is 4.74 Å². The molecule has 1 aromatic heterocycles. The number of rotatable bonds is 4.